The Balaban J connectivity index is 2.04. The predicted octanol–water partition coefficient (Wildman–Crippen LogP) is 4.27. The van der Waals surface area contributed by atoms with Crippen LogP contribution in [0, 0.1) is 0 Å². The van der Waals surface area contributed by atoms with Gasteiger partial charge in [0.2, 0.25) is 0 Å². The van der Waals surface area contributed by atoms with Gasteiger partial charge in [-0.2, -0.15) is 4.40 Å². The Bertz CT molecular complexity index is 578. The average Bonchev–Trinajstić information content (AvgIpc) is 2.41. The number of rotatable bonds is 1. The van der Waals surface area contributed by atoms with Gasteiger partial charge in [-0.3, -0.25) is 0 Å². The van der Waals surface area contributed by atoms with Crippen molar-refractivity contribution in [3.8, 4) is 0 Å². The largest absolute Gasteiger partial charge is 0.331 e. The smallest absolute Gasteiger partial charge is 0.148 e. The van der Waals surface area contributed by atoms with Crippen LogP contribution in [0.2, 0.25) is 10.0 Å². The van der Waals surface area contributed by atoms with Crippen LogP contribution in [-0.4, -0.2) is 23.0 Å². The Morgan fingerprint density at radius 1 is 1.22 bits per heavy atom. The van der Waals surface area contributed by atoms with Crippen LogP contribution in [0.15, 0.2) is 40.9 Å². The highest BCUT2D eigenvalue weighted by atomic mass is 35.5. The van der Waals surface area contributed by atoms with Gasteiger partial charge in [-0.15, -0.1) is 0 Å². The van der Waals surface area contributed by atoms with Gasteiger partial charge in [-0.1, -0.05) is 29.3 Å². The maximum Gasteiger partial charge on any atom is 0.148 e. The normalized spacial score (nSPS) is 18.2. The number of hydrogen-bond donors (Lipinski definition) is 0. The van der Waals surface area contributed by atoms with Crippen molar-refractivity contribution >= 4 is 46.6 Å². The molecule has 0 bridgehead atoms. The molecule has 0 fully saturated rings. The predicted molar refractivity (Wildman–Crippen MR) is 80.2 cm³/mol. The molecule has 0 atom stereocenters. The fraction of sp³-hybridized carbons (Fsp3) is 0.154. The fourth-order valence-electron chi connectivity index (χ4n) is 1.96. The Labute approximate surface area is 120 Å². The lowest BCUT2D eigenvalue weighted by Crippen LogP contribution is -2.32. The molecule has 0 aromatic heterocycles. The zero-order valence-corrected chi connectivity index (χ0v) is 11.8. The number of allylic oxidation sites excluding steroid dienone is 2. The standard InChI is InChI=1S/C13H10Cl2N2S/c14-11-4-3-9(8-12(11)15)10-2-1-5-17-6-7-18-16-13(10)17/h1-5,8H,6-7H2. The van der Waals surface area contributed by atoms with Gasteiger partial charge in [-0.25, -0.2) is 0 Å². The molecule has 0 spiro atoms. The summed E-state index contributed by atoms with van der Waals surface area (Å²) in [5.74, 6) is 2.01. The third kappa shape index (κ3) is 2.18. The van der Waals surface area contributed by atoms with Gasteiger partial charge in [-0.05, 0) is 41.8 Å². The highest BCUT2D eigenvalue weighted by Crippen LogP contribution is 2.31. The van der Waals surface area contributed by atoms with Crippen molar-refractivity contribution in [3.05, 3.63) is 52.2 Å². The van der Waals surface area contributed by atoms with Gasteiger partial charge < -0.3 is 4.90 Å². The molecule has 0 N–H and O–H groups in total. The van der Waals surface area contributed by atoms with Gasteiger partial charge in [0.1, 0.15) is 5.84 Å². The van der Waals surface area contributed by atoms with Crippen molar-refractivity contribution in [2.75, 3.05) is 12.3 Å². The molecule has 0 unspecified atom stereocenters. The number of halogens is 2. The first-order valence-electron chi connectivity index (χ1n) is 5.56. The lowest BCUT2D eigenvalue weighted by Gasteiger charge is -2.29. The van der Waals surface area contributed by atoms with Gasteiger partial charge in [0.05, 0.1) is 10.0 Å². The van der Waals surface area contributed by atoms with Gasteiger partial charge in [0.25, 0.3) is 0 Å². The van der Waals surface area contributed by atoms with E-state index in [0.717, 1.165) is 29.3 Å². The molecule has 0 radical (unpaired) electrons. The number of nitrogens with zero attached hydrogens (tertiary/aromatic N) is 2. The van der Waals surface area contributed by atoms with E-state index in [1.165, 1.54) is 0 Å². The molecule has 2 heterocycles. The SMILES string of the molecule is Clc1ccc(C2=CC=CN3CCSN=C23)cc1Cl. The van der Waals surface area contributed by atoms with E-state index < -0.39 is 0 Å². The molecule has 0 saturated heterocycles. The average molecular weight is 297 g/mol. The van der Waals surface area contributed by atoms with E-state index in [1.807, 2.05) is 24.3 Å². The summed E-state index contributed by atoms with van der Waals surface area (Å²) in [6.07, 6.45) is 6.15. The summed E-state index contributed by atoms with van der Waals surface area (Å²) in [5.41, 5.74) is 2.13. The van der Waals surface area contributed by atoms with Crippen LogP contribution in [0.25, 0.3) is 5.57 Å². The third-order valence-corrected chi connectivity index (χ3v) is 4.25. The first-order chi connectivity index (χ1) is 8.75. The van der Waals surface area contributed by atoms with Crippen molar-refractivity contribution in [2.24, 2.45) is 4.40 Å². The van der Waals surface area contributed by atoms with Crippen LogP contribution >= 0.6 is 35.1 Å². The van der Waals surface area contributed by atoms with E-state index >= 15 is 0 Å². The third-order valence-electron chi connectivity index (χ3n) is 2.85. The van der Waals surface area contributed by atoms with E-state index in [1.54, 1.807) is 11.9 Å². The molecule has 18 heavy (non-hydrogen) atoms. The highest BCUT2D eigenvalue weighted by Gasteiger charge is 2.21. The van der Waals surface area contributed by atoms with E-state index in [0.29, 0.717) is 10.0 Å². The molecule has 0 amide bonds. The molecule has 2 nitrogen and oxygen atoms in total. The second-order valence-electron chi connectivity index (χ2n) is 3.99. The van der Waals surface area contributed by atoms with Gasteiger partial charge in [0.15, 0.2) is 0 Å². The molecule has 0 aliphatic carbocycles. The van der Waals surface area contributed by atoms with E-state index in [2.05, 4.69) is 21.6 Å². The summed E-state index contributed by atoms with van der Waals surface area (Å²) in [4.78, 5) is 2.16. The number of benzene rings is 1. The lowest BCUT2D eigenvalue weighted by molar-refractivity contribution is 0.594. The minimum Gasteiger partial charge on any atom is -0.331 e. The molecule has 1 aromatic rings. The lowest BCUT2D eigenvalue weighted by atomic mass is 10.0. The number of amidine groups is 1. The summed E-state index contributed by atoms with van der Waals surface area (Å²) in [6, 6.07) is 5.67. The molecule has 92 valence electrons. The molecule has 2 aliphatic heterocycles. The maximum absolute atomic E-state index is 6.07. The van der Waals surface area contributed by atoms with Crippen molar-refractivity contribution < 1.29 is 0 Å². The Kier molecular flexibility index (Phi) is 3.37. The Morgan fingerprint density at radius 3 is 2.94 bits per heavy atom. The Morgan fingerprint density at radius 2 is 2.11 bits per heavy atom. The van der Waals surface area contributed by atoms with Gasteiger partial charge >= 0.3 is 0 Å². The zero-order chi connectivity index (χ0) is 12.5. The fourth-order valence-corrected chi connectivity index (χ4v) is 2.95. The molecule has 3 rings (SSSR count). The summed E-state index contributed by atoms with van der Waals surface area (Å²) >= 11 is 13.6. The maximum atomic E-state index is 6.07. The van der Waals surface area contributed by atoms with Crippen LogP contribution in [0.4, 0.5) is 0 Å². The summed E-state index contributed by atoms with van der Waals surface area (Å²) < 4.78 is 4.52. The number of hydrogen-bond acceptors (Lipinski definition) is 3. The summed E-state index contributed by atoms with van der Waals surface area (Å²) in [7, 11) is 0. The minimum atomic E-state index is 0.570. The van der Waals surface area contributed by atoms with Crippen molar-refractivity contribution in [1.29, 1.82) is 0 Å². The molecule has 5 heteroatoms. The first kappa shape index (κ1) is 12.2. The van der Waals surface area contributed by atoms with Crippen molar-refractivity contribution in [1.82, 2.24) is 4.90 Å². The second-order valence-corrected chi connectivity index (χ2v) is 5.66. The minimum absolute atomic E-state index is 0.570. The van der Waals surface area contributed by atoms with Crippen LogP contribution in [-0.2, 0) is 0 Å². The highest BCUT2D eigenvalue weighted by molar-refractivity contribution is 7.98. The van der Waals surface area contributed by atoms with Crippen LogP contribution < -0.4 is 0 Å². The summed E-state index contributed by atoms with van der Waals surface area (Å²) in [6.45, 7) is 0.985. The molecular weight excluding hydrogens is 287 g/mol. The van der Waals surface area contributed by atoms with Crippen molar-refractivity contribution in [2.45, 2.75) is 0 Å². The molecule has 2 aliphatic rings. The second kappa shape index (κ2) is 5.00. The van der Waals surface area contributed by atoms with Crippen molar-refractivity contribution in [3.63, 3.8) is 0 Å². The molecule has 1 aromatic carbocycles. The first-order valence-corrected chi connectivity index (χ1v) is 7.26. The molecular formula is C13H10Cl2N2S. The van der Waals surface area contributed by atoms with E-state index in [-0.39, 0.29) is 0 Å². The van der Waals surface area contributed by atoms with Crippen LogP contribution in [0.3, 0.4) is 0 Å². The van der Waals surface area contributed by atoms with Crippen LogP contribution in [0.5, 0.6) is 0 Å². The van der Waals surface area contributed by atoms with E-state index in [9.17, 15) is 0 Å². The monoisotopic (exact) mass is 296 g/mol. The topological polar surface area (TPSA) is 15.6 Å². The zero-order valence-electron chi connectivity index (χ0n) is 9.44. The number of fused-ring (bicyclic) bond motifs is 1. The van der Waals surface area contributed by atoms with Gasteiger partial charge in [0, 0.05) is 24.1 Å². The van der Waals surface area contributed by atoms with Crippen LogP contribution in [0.1, 0.15) is 5.56 Å². The quantitative estimate of drug-likeness (QED) is 0.719. The van der Waals surface area contributed by atoms with E-state index in [4.69, 9.17) is 23.2 Å². The Hall–Kier alpha value is -0.900. The summed E-state index contributed by atoms with van der Waals surface area (Å²) in [5, 5.41) is 1.14. The molecule has 0 saturated carbocycles.